The lowest BCUT2D eigenvalue weighted by Crippen LogP contribution is -2.58. The van der Waals surface area contributed by atoms with Gasteiger partial charge in [0.05, 0.1) is 6.04 Å². The van der Waals surface area contributed by atoms with E-state index in [2.05, 4.69) is 5.32 Å². The van der Waals surface area contributed by atoms with Crippen LogP contribution in [0.4, 0.5) is 0 Å². The van der Waals surface area contributed by atoms with Crippen molar-refractivity contribution in [3.8, 4) is 5.75 Å². The van der Waals surface area contributed by atoms with Crippen molar-refractivity contribution in [1.82, 2.24) is 15.1 Å². The summed E-state index contributed by atoms with van der Waals surface area (Å²) in [5.41, 5.74) is 9.99. The minimum atomic E-state index is -0.700. The highest BCUT2D eigenvalue weighted by atomic mass is 16.3. The first-order valence-electron chi connectivity index (χ1n) is 11.6. The van der Waals surface area contributed by atoms with E-state index in [1.165, 1.54) is 6.92 Å². The first-order valence-corrected chi connectivity index (χ1v) is 11.6. The number of nitrogens with two attached hydrogens (primary N) is 1. The average Bonchev–Trinajstić information content (AvgIpc) is 2.80. The van der Waals surface area contributed by atoms with Crippen molar-refractivity contribution in [1.29, 1.82) is 0 Å². The zero-order chi connectivity index (χ0) is 24.8. The summed E-state index contributed by atoms with van der Waals surface area (Å²) in [5.74, 6) is -0.356. The van der Waals surface area contributed by atoms with Gasteiger partial charge >= 0.3 is 0 Å². The Morgan fingerprint density at radius 1 is 0.941 bits per heavy atom. The van der Waals surface area contributed by atoms with Gasteiger partial charge in [0.25, 0.3) is 0 Å². The van der Waals surface area contributed by atoms with Gasteiger partial charge in [-0.05, 0) is 54.7 Å². The number of hydrogen-bond acceptors (Lipinski definition) is 5. The molecule has 1 heterocycles. The Morgan fingerprint density at radius 3 is 2.00 bits per heavy atom. The maximum Gasteiger partial charge on any atom is 0.245 e. The van der Waals surface area contributed by atoms with Crippen LogP contribution in [0.15, 0.2) is 42.5 Å². The van der Waals surface area contributed by atoms with Gasteiger partial charge in [0.15, 0.2) is 0 Å². The van der Waals surface area contributed by atoms with Crippen LogP contribution in [-0.4, -0.2) is 70.9 Å². The van der Waals surface area contributed by atoms with Crippen molar-refractivity contribution >= 4 is 17.7 Å². The smallest absolute Gasteiger partial charge is 0.245 e. The minimum absolute atomic E-state index is 0.147. The van der Waals surface area contributed by atoms with Crippen LogP contribution in [-0.2, 0) is 27.2 Å². The van der Waals surface area contributed by atoms with Crippen LogP contribution < -0.4 is 11.1 Å². The fourth-order valence-corrected chi connectivity index (χ4v) is 4.50. The van der Waals surface area contributed by atoms with Crippen molar-refractivity contribution in [3.05, 3.63) is 64.7 Å². The van der Waals surface area contributed by atoms with Crippen LogP contribution in [0.1, 0.15) is 29.2 Å². The molecule has 34 heavy (non-hydrogen) atoms. The Hall–Kier alpha value is -3.39. The van der Waals surface area contributed by atoms with Crippen molar-refractivity contribution < 1.29 is 19.5 Å². The number of hydrogen-bond donors (Lipinski definition) is 3. The fraction of sp³-hybridized carbons (Fsp3) is 0.423. The highest BCUT2D eigenvalue weighted by Gasteiger charge is 2.31. The Balaban J connectivity index is 1.59. The average molecular weight is 467 g/mol. The first kappa shape index (κ1) is 25.2. The van der Waals surface area contributed by atoms with Gasteiger partial charge in [0.1, 0.15) is 11.8 Å². The van der Waals surface area contributed by atoms with Gasteiger partial charge in [-0.1, -0.05) is 30.3 Å². The number of carbonyl (C=O) groups excluding carboxylic acids is 3. The van der Waals surface area contributed by atoms with E-state index >= 15 is 0 Å². The molecule has 2 atom stereocenters. The number of phenols is 1. The molecule has 1 aliphatic heterocycles. The lowest BCUT2D eigenvalue weighted by Gasteiger charge is -2.37. The standard InChI is InChI=1S/C26H34N4O4/c1-17-13-21(32)14-18(2)22(17)16-23(27)25(33)29-9-11-30(12-10-29)26(34)24(28-19(3)31)15-20-7-5-4-6-8-20/h4-8,13-14,23-24,32H,9-12,15-16,27H2,1-3H3,(H,28,31)/t23?,24-/m0/s1. The van der Waals surface area contributed by atoms with Crippen LogP contribution in [0, 0.1) is 13.8 Å². The number of nitrogens with zero attached hydrogens (tertiary/aromatic N) is 2. The Bertz CT molecular complexity index is 1010. The molecule has 1 fully saturated rings. The van der Waals surface area contributed by atoms with E-state index in [4.69, 9.17) is 5.73 Å². The van der Waals surface area contributed by atoms with Gasteiger partial charge in [-0.25, -0.2) is 0 Å². The summed E-state index contributed by atoms with van der Waals surface area (Å²) in [6, 6.07) is 11.6. The zero-order valence-corrected chi connectivity index (χ0v) is 20.1. The summed E-state index contributed by atoms with van der Waals surface area (Å²) >= 11 is 0. The van der Waals surface area contributed by atoms with Crippen LogP contribution in [0.3, 0.4) is 0 Å². The van der Waals surface area contributed by atoms with Gasteiger partial charge in [0.2, 0.25) is 17.7 Å². The topological polar surface area (TPSA) is 116 Å². The van der Waals surface area contributed by atoms with E-state index < -0.39 is 12.1 Å². The predicted octanol–water partition coefficient (Wildman–Crippen LogP) is 1.30. The second-order valence-corrected chi connectivity index (χ2v) is 8.96. The third-order valence-corrected chi connectivity index (χ3v) is 6.28. The molecular formula is C26H34N4O4. The second-order valence-electron chi connectivity index (χ2n) is 8.96. The van der Waals surface area contributed by atoms with Crippen molar-refractivity contribution in [2.24, 2.45) is 5.73 Å². The summed E-state index contributed by atoms with van der Waals surface area (Å²) < 4.78 is 0. The molecule has 0 bridgehead atoms. The molecule has 0 aliphatic carbocycles. The molecule has 4 N–H and O–H groups in total. The summed E-state index contributed by atoms with van der Waals surface area (Å²) in [6.07, 6.45) is 0.798. The SMILES string of the molecule is CC(=O)N[C@@H](Cc1ccccc1)C(=O)N1CCN(C(=O)C(N)Cc2c(C)cc(O)cc2C)CC1. The van der Waals surface area contributed by atoms with E-state index in [1.54, 1.807) is 21.9 Å². The van der Waals surface area contributed by atoms with Crippen molar-refractivity contribution in [2.75, 3.05) is 26.2 Å². The van der Waals surface area contributed by atoms with Gasteiger partial charge in [0, 0.05) is 39.5 Å². The fourth-order valence-electron chi connectivity index (χ4n) is 4.50. The lowest BCUT2D eigenvalue weighted by atomic mass is 9.95. The van der Waals surface area contributed by atoms with Crippen LogP contribution in [0.25, 0.3) is 0 Å². The molecular weight excluding hydrogens is 432 g/mol. The molecule has 0 aromatic heterocycles. The molecule has 3 rings (SSSR count). The molecule has 8 heteroatoms. The highest BCUT2D eigenvalue weighted by Crippen LogP contribution is 2.22. The predicted molar refractivity (Wildman–Crippen MR) is 130 cm³/mol. The quantitative estimate of drug-likeness (QED) is 0.569. The molecule has 182 valence electrons. The number of amides is 3. The van der Waals surface area contributed by atoms with Gasteiger partial charge < -0.3 is 26.0 Å². The monoisotopic (exact) mass is 466 g/mol. The van der Waals surface area contributed by atoms with Crippen LogP contribution in [0.5, 0.6) is 5.75 Å². The number of benzene rings is 2. The number of carbonyl (C=O) groups is 3. The van der Waals surface area contributed by atoms with Crippen LogP contribution >= 0.6 is 0 Å². The summed E-state index contributed by atoms with van der Waals surface area (Å²) in [6.45, 7) is 6.75. The van der Waals surface area contributed by atoms with E-state index in [9.17, 15) is 19.5 Å². The Labute approximate surface area is 200 Å². The largest absolute Gasteiger partial charge is 0.508 e. The molecule has 0 saturated carbocycles. The zero-order valence-electron chi connectivity index (χ0n) is 20.1. The number of nitrogens with one attached hydrogen (secondary N) is 1. The molecule has 8 nitrogen and oxygen atoms in total. The molecule has 0 radical (unpaired) electrons. The molecule has 1 aliphatic rings. The molecule has 3 amide bonds. The number of aromatic hydroxyl groups is 1. The third-order valence-electron chi connectivity index (χ3n) is 6.28. The number of piperazine rings is 1. The van der Waals surface area contributed by atoms with Crippen molar-refractivity contribution in [2.45, 2.75) is 45.7 Å². The Kier molecular flexibility index (Phi) is 8.28. The molecule has 0 spiro atoms. The first-order chi connectivity index (χ1) is 16.2. The maximum atomic E-state index is 13.2. The van der Waals surface area contributed by atoms with Gasteiger partial charge in [-0.15, -0.1) is 0 Å². The van der Waals surface area contributed by atoms with E-state index in [1.807, 2.05) is 44.2 Å². The maximum absolute atomic E-state index is 13.2. The van der Waals surface area contributed by atoms with Gasteiger partial charge in [-0.2, -0.15) is 0 Å². The lowest BCUT2D eigenvalue weighted by molar-refractivity contribution is -0.142. The number of phenolic OH excluding ortho intramolecular Hbond substituents is 1. The normalized spacial score (nSPS) is 15.5. The minimum Gasteiger partial charge on any atom is -0.508 e. The summed E-state index contributed by atoms with van der Waals surface area (Å²) in [4.78, 5) is 41.2. The Morgan fingerprint density at radius 2 is 1.47 bits per heavy atom. The number of rotatable bonds is 7. The van der Waals surface area contributed by atoms with Crippen LogP contribution in [0.2, 0.25) is 0 Å². The third kappa shape index (κ3) is 6.35. The van der Waals surface area contributed by atoms with Gasteiger partial charge in [-0.3, -0.25) is 14.4 Å². The molecule has 1 unspecified atom stereocenters. The molecule has 1 saturated heterocycles. The van der Waals surface area contributed by atoms with E-state index in [0.717, 1.165) is 22.3 Å². The summed E-state index contributed by atoms with van der Waals surface area (Å²) in [5, 5.41) is 12.5. The highest BCUT2D eigenvalue weighted by molar-refractivity contribution is 5.87. The van der Waals surface area contributed by atoms with E-state index in [-0.39, 0.29) is 23.5 Å². The molecule has 2 aromatic carbocycles. The summed E-state index contributed by atoms with van der Waals surface area (Å²) in [7, 11) is 0. The second kappa shape index (κ2) is 11.2. The molecule has 2 aromatic rings. The van der Waals surface area contributed by atoms with Crippen molar-refractivity contribution in [3.63, 3.8) is 0 Å². The van der Waals surface area contributed by atoms with E-state index in [0.29, 0.717) is 39.0 Å². The number of aryl methyl sites for hydroxylation is 2.